The van der Waals surface area contributed by atoms with E-state index in [9.17, 15) is 18.0 Å². The number of benzene rings is 2. The second kappa shape index (κ2) is 6.82. The van der Waals surface area contributed by atoms with Gasteiger partial charge in [-0.2, -0.15) is 0 Å². The van der Waals surface area contributed by atoms with Crippen LogP contribution in [0.25, 0.3) is 0 Å². The van der Waals surface area contributed by atoms with E-state index in [2.05, 4.69) is 5.32 Å². The van der Waals surface area contributed by atoms with Gasteiger partial charge in [0.1, 0.15) is 0 Å². The van der Waals surface area contributed by atoms with E-state index in [1.807, 2.05) is 0 Å². The van der Waals surface area contributed by atoms with Crippen LogP contribution in [0.5, 0.6) is 0 Å². The highest BCUT2D eigenvalue weighted by molar-refractivity contribution is 7.94. The molecule has 1 aliphatic heterocycles. The number of amides is 2. The van der Waals surface area contributed by atoms with Crippen molar-refractivity contribution in [3.05, 3.63) is 58.1 Å². The number of hydrogen-bond donors (Lipinski definition) is 1. The Kier molecular flexibility index (Phi) is 4.96. The summed E-state index contributed by atoms with van der Waals surface area (Å²) in [4.78, 5) is 25.1. The van der Waals surface area contributed by atoms with Crippen molar-refractivity contribution < 1.29 is 18.0 Å². The third kappa shape index (κ3) is 3.67. The van der Waals surface area contributed by atoms with Gasteiger partial charge in [0.25, 0.3) is 5.91 Å². The molecule has 0 aromatic heterocycles. The molecule has 9 heteroatoms. The zero-order valence-corrected chi connectivity index (χ0v) is 16.8. The molecule has 0 saturated carbocycles. The maximum Gasteiger partial charge on any atom is 0.255 e. The lowest BCUT2D eigenvalue weighted by atomic mass is 9.95. The van der Waals surface area contributed by atoms with Gasteiger partial charge in [-0.3, -0.25) is 9.59 Å². The lowest BCUT2D eigenvalue weighted by molar-refractivity contribution is -0.123. The van der Waals surface area contributed by atoms with Crippen LogP contribution < -0.4 is 9.62 Å². The van der Waals surface area contributed by atoms with E-state index < -0.39 is 27.3 Å². The Balaban J connectivity index is 1.95. The molecule has 0 atom stereocenters. The number of carbonyl (C=O) groups excluding carboxylic acids is 2. The number of nitrogens with one attached hydrogen (secondary N) is 1. The summed E-state index contributed by atoms with van der Waals surface area (Å²) in [5.41, 5.74) is -0.496. The van der Waals surface area contributed by atoms with Crippen molar-refractivity contribution in [1.29, 1.82) is 0 Å². The Morgan fingerprint density at radius 3 is 2.26 bits per heavy atom. The number of para-hydroxylation sites is 1. The average molecular weight is 427 g/mol. The summed E-state index contributed by atoms with van der Waals surface area (Å²) in [6, 6.07) is 10.6. The molecule has 1 N–H and O–H groups in total. The van der Waals surface area contributed by atoms with Crippen molar-refractivity contribution in [3.8, 4) is 0 Å². The SMILES string of the molecule is CC1(C)CS(=O)(=O)N(c2cccc(C(=O)Nc3c(Cl)cccc3Cl)c2)C1=O. The largest absolute Gasteiger partial charge is 0.319 e. The Bertz CT molecular complexity index is 1030. The molecule has 0 spiro atoms. The molecule has 0 bridgehead atoms. The van der Waals surface area contributed by atoms with Crippen molar-refractivity contribution in [2.75, 3.05) is 15.4 Å². The summed E-state index contributed by atoms with van der Waals surface area (Å²) in [6.07, 6.45) is 0. The number of carbonyl (C=O) groups is 2. The number of sulfonamides is 1. The summed E-state index contributed by atoms with van der Waals surface area (Å²) >= 11 is 12.1. The first kappa shape index (κ1) is 19.7. The van der Waals surface area contributed by atoms with Crippen LogP contribution in [-0.2, 0) is 14.8 Å². The molecule has 0 radical (unpaired) electrons. The van der Waals surface area contributed by atoms with Crippen molar-refractivity contribution in [1.82, 2.24) is 0 Å². The van der Waals surface area contributed by atoms with Gasteiger partial charge in [-0.1, -0.05) is 35.3 Å². The summed E-state index contributed by atoms with van der Waals surface area (Å²) in [6.45, 7) is 3.14. The van der Waals surface area contributed by atoms with Crippen LogP contribution in [0.2, 0.25) is 10.0 Å². The highest BCUT2D eigenvalue weighted by Crippen LogP contribution is 2.36. The fraction of sp³-hybridized carbons (Fsp3) is 0.222. The van der Waals surface area contributed by atoms with Gasteiger partial charge in [0.05, 0.1) is 32.6 Å². The van der Waals surface area contributed by atoms with E-state index in [0.29, 0.717) is 0 Å². The Morgan fingerprint density at radius 1 is 1.11 bits per heavy atom. The molecule has 142 valence electrons. The molecule has 2 aromatic carbocycles. The summed E-state index contributed by atoms with van der Waals surface area (Å²) < 4.78 is 25.6. The molecule has 6 nitrogen and oxygen atoms in total. The van der Waals surface area contributed by atoms with Gasteiger partial charge in [-0.15, -0.1) is 0 Å². The molecule has 2 amide bonds. The fourth-order valence-corrected chi connectivity index (χ4v) is 5.43. The minimum atomic E-state index is -3.80. The molecule has 3 rings (SSSR count). The molecule has 1 aliphatic rings. The van der Waals surface area contributed by atoms with Crippen LogP contribution in [0.15, 0.2) is 42.5 Å². The molecule has 1 saturated heterocycles. The van der Waals surface area contributed by atoms with Gasteiger partial charge in [0.2, 0.25) is 15.9 Å². The highest BCUT2D eigenvalue weighted by atomic mass is 35.5. The standard InChI is InChI=1S/C18H16Cl2N2O4S/c1-18(2)10-27(25,26)22(17(18)24)12-6-3-5-11(9-12)16(23)21-15-13(19)7-4-8-14(15)20/h3-9H,10H2,1-2H3,(H,21,23). The molecule has 2 aromatic rings. The zero-order chi connectivity index (χ0) is 20.0. The number of rotatable bonds is 3. The van der Waals surface area contributed by atoms with Crippen LogP contribution in [-0.4, -0.2) is 26.0 Å². The molecule has 27 heavy (non-hydrogen) atoms. The minimum Gasteiger partial charge on any atom is -0.319 e. The van der Waals surface area contributed by atoms with Crippen molar-refractivity contribution >= 4 is 56.4 Å². The fourth-order valence-electron chi connectivity index (χ4n) is 2.84. The average Bonchev–Trinajstić information content (AvgIpc) is 2.74. The molecule has 1 fully saturated rings. The van der Waals surface area contributed by atoms with Crippen molar-refractivity contribution in [3.63, 3.8) is 0 Å². The quantitative estimate of drug-likeness (QED) is 0.804. The van der Waals surface area contributed by atoms with E-state index >= 15 is 0 Å². The topological polar surface area (TPSA) is 83.6 Å². The maximum atomic E-state index is 12.6. The van der Waals surface area contributed by atoms with E-state index in [-0.39, 0.29) is 32.7 Å². The molecule has 0 unspecified atom stereocenters. The first-order valence-corrected chi connectivity index (χ1v) is 10.3. The minimum absolute atomic E-state index is 0.114. The van der Waals surface area contributed by atoms with Crippen molar-refractivity contribution in [2.24, 2.45) is 5.41 Å². The van der Waals surface area contributed by atoms with Gasteiger partial charge in [0.15, 0.2) is 0 Å². The molecule has 1 heterocycles. The highest BCUT2D eigenvalue weighted by Gasteiger charge is 2.49. The summed E-state index contributed by atoms with van der Waals surface area (Å²) in [5.74, 6) is -1.35. The second-order valence-corrected chi connectivity index (χ2v) is 9.44. The summed E-state index contributed by atoms with van der Waals surface area (Å²) in [7, 11) is -3.80. The lowest BCUT2D eigenvalue weighted by Crippen LogP contribution is -2.33. The number of halogens is 2. The van der Waals surface area contributed by atoms with Crippen LogP contribution in [0.4, 0.5) is 11.4 Å². The van der Waals surface area contributed by atoms with Gasteiger partial charge >= 0.3 is 0 Å². The Hall–Kier alpha value is -2.09. The van der Waals surface area contributed by atoms with Gasteiger partial charge < -0.3 is 5.32 Å². The molecular weight excluding hydrogens is 411 g/mol. The third-order valence-corrected chi connectivity index (χ3v) is 6.78. The first-order valence-electron chi connectivity index (χ1n) is 7.96. The number of hydrogen-bond acceptors (Lipinski definition) is 4. The van der Waals surface area contributed by atoms with E-state index in [1.54, 1.807) is 32.0 Å². The van der Waals surface area contributed by atoms with Crippen LogP contribution in [0.3, 0.4) is 0 Å². The van der Waals surface area contributed by atoms with Gasteiger partial charge in [-0.05, 0) is 44.2 Å². The summed E-state index contributed by atoms with van der Waals surface area (Å²) in [5, 5.41) is 3.14. The smallest absolute Gasteiger partial charge is 0.255 e. The number of nitrogens with zero attached hydrogens (tertiary/aromatic N) is 1. The Labute approximate surface area is 167 Å². The van der Waals surface area contributed by atoms with Gasteiger partial charge in [-0.25, -0.2) is 12.7 Å². The number of anilines is 2. The van der Waals surface area contributed by atoms with Crippen LogP contribution >= 0.6 is 23.2 Å². The third-order valence-electron chi connectivity index (χ3n) is 4.13. The van der Waals surface area contributed by atoms with Gasteiger partial charge in [0, 0.05) is 5.56 Å². The van der Waals surface area contributed by atoms with E-state index in [4.69, 9.17) is 23.2 Å². The normalized spacial score (nSPS) is 17.8. The predicted molar refractivity (Wildman–Crippen MR) is 106 cm³/mol. The lowest BCUT2D eigenvalue weighted by Gasteiger charge is -2.18. The van der Waals surface area contributed by atoms with Crippen LogP contribution in [0.1, 0.15) is 24.2 Å². The van der Waals surface area contributed by atoms with E-state index in [1.165, 1.54) is 24.3 Å². The zero-order valence-electron chi connectivity index (χ0n) is 14.5. The molecular formula is C18H16Cl2N2O4S. The maximum absolute atomic E-state index is 12.6. The predicted octanol–water partition coefficient (Wildman–Crippen LogP) is 3.95. The van der Waals surface area contributed by atoms with Crippen molar-refractivity contribution in [2.45, 2.75) is 13.8 Å². The molecule has 0 aliphatic carbocycles. The van der Waals surface area contributed by atoms with Crippen LogP contribution in [0, 0.1) is 5.41 Å². The van der Waals surface area contributed by atoms with E-state index in [0.717, 1.165) is 4.31 Å². The first-order chi connectivity index (χ1) is 12.5. The Morgan fingerprint density at radius 2 is 1.70 bits per heavy atom. The second-order valence-electron chi connectivity index (χ2n) is 6.81. The monoisotopic (exact) mass is 426 g/mol.